The van der Waals surface area contributed by atoms with Crippen LogP contribution >= 0.6 is 12.2 Å². The van der Waals surface area contributed by atoms with Crippen molar-refractivity contribution >= 4 is 17.3 Å². The van der Waals surface area contributed by atoms with Crippen molar-refractivity contribution < 1.29 is 4.74 Å². The minimum absolute atomic E-state index is 0.493. The highest BCUT2D eigenvalue weighted by Gasteiger charge is 2.25. The van der Waals surface area contributed by atoms with E-state index in [4.69, 9.17) is 17.0 Å². The number of para-hydroxylation sites is 1. The maximum Gasteiger partial charge on any atom is 0.169 e. The molecule has 1 aromatic rings. The number of benzene rings is 1. The van der Waals surface area contributed by atoms with Gasteiger partial charge in [-0.1, -0.05) is 25.1 Å². The number of hydrogen-bond acceptors (Lipinski definition) is 3. The number of thiocarbonyl (C=S) groups is 1. The second kappa shape index (κ2) is 9.08. The Bertz CT molecular complexity index is 501. The van der Waals surface area contributed by atoms with Gasteiger partial charge in [0.05, 0.1) is 7.11 Å². The molecule has 128 valence electrons. The number of piperidine rings is 1. The average Bonchev–Trinajstić information content (AvgIpc) is 2.58. The first kappa shape index (κ1) is 18.0. The summed E-state index contributed by atoms with van der Waals surface area (Å²) in [6.45, 7) is 6.14. The van der Waals surface area contributed by atoms with Gasteiger partial charge in [-0.05, 0) is 57.7 Å². The lowest BCUT2D eigenvalue weighted by Crippen LogP contribution is -2.49. The molecule has 1 saturated heterocycles. The van der Waals surface area contributed by atoms with Crippen LogP contribution in [-0.4, -0.2) is 54.7 Å². The summed E-state index contributed by atoms with van der Waals surface area (Å²) in [7, 11) is 3.92. The monoisotopic (exact) mass is 335 g/mol. The van der Waals surface area contributed by atoms with Crippen molar-refractivity contribution in [2.24, 2.45) is 0 Å². The van der Waals surface area contributed by atoms with Crippen LogP contribution in [0.4, 0.5) is 0 Å². The molecule has 23 heavy (non-hydrogen) atoms. The highest BCUT2D eigenvalue weighted by molar-refractivity contribution is 7.80. The van der Waals surface area contributed by atoms with Gasteiger partial charge in [0.1, 0.15) is 5.75 Å². The first-order chi connectivity index (χ1) is 11.2. The van der Waals surface area contributed by atoms with Crippen LogP contribution < -0.4 is 10.1 Å². The summed E-state index contributed by atoms with van der Waals surface area (Å²) in [4.78, 5) is 4.75. The quantitative estimate of drug-likeness (QED) is 0.807. The number of hydrogen-bond donors (Lipinski definition) is 1. The van der Waals surface area contributed by atoms with Crippen LogP contribution in [0.1, 0.15) is 31.7 Å². The van der Waals surface area contributed by atoms with Gasteiger partial charge in [0, 0.05) is 24.7 Å². The van der Waals surface area contributed by atoms with E-state index in [0.717, 1.165) is 56.3 Å². The van der Waals surface area contributed by atoms with Gasteiger partial charge < -0.3 is 19.9 Å². The Morgan fingerprint density at radius 1 is 1.35 bits per heavy atom. The van der Waals surface area contributed by atoms with E-state index in [2.05, 4.69) is 41.2 Å². The lowest BCUT2D eigenvalue weighted by atomic mass is 10.0. The van der Waals surface area contributed by atoms with Crippen molar-refractivity contribution in [3.63, 3.8) is 0 Å². The SMILES string of the molecule is CCCNC(=S)N(Cc1ccccc1OC)C1CCN(C)CC1. The Kier molecular flexibility index (Phi) is 7.12. The number of nitrogens with one attached hydrogen (secondary N) is 1. The molecule has 1 aliphatic heterocycles. The largest absolute Gasteiger partial charge is 0.496 e. The fourth-order valence-corrected chi connectivity index (χ4v) is 3.34. The van der Waals surface area contributed by atoms with Gasteiger partial charge in [0.25, 0.3) is 0 Å². The topological polar surface area (TPSA) is 27.7 Å². The molecule has 0 bridgehead atoms. The molecule has 0 aliphatic carbocycles. The predicted octanol–water partition coefficient (Wildman–Crippen LogP) is 2.88. The summed E-state index contributed by atoms with van der Waals surface area (Å²) in [6, 6.07) is 8.71. The molecule has 1 aliphatic rings. The molecule has 0 saturated carbocycles. The normalized spacial score (nSPS) is 16.1. The molecule has 0 radical (unpaired) electrons. The lowest BCUT2D eigenvalue weighted by molar-refractivity contribution is 0.170. The van der Waals surface area contributed by atoms with Crippen molar-refractivity contribution in [3.8, 4) is 5.75 Å². The van der Waals surface area contributed by atoms with E-state index in [-0.39, 0.29) is 0 Å². The molecular weight excluding hydrogens is 306 g/mol. The summed E-state index contributed by atoms with van der Waals surface area (Å²) >= 11 is 5.69. The average molecular weight is 336 g/mol. The van der Waals surface area contributed by atoms with Crippen molar-refractivity contribution in [1.29, 1.82) is 0 Å². The summed E-state index contributed by atoms with van der Waals surface area (Å²) in [5, 5.41) is 4.27. The van der Waals surface area contributed by atoms with E-state index in [1.807, 2.05) is 12.1 Å². The van der Waals surface area contributed by atoms with Crippen molar-refractivity contribution in [3.05, 3.63) is 29.8 Å². The molecule has 1 fully saturated rings. The number of ether oxygens (including phenoxy) is 1. The third kappa shape index (κ3) is 5.08. The van der Waals surface area contributed by atoms with E-state index in [1.54, 1.807) is 7.11 Å². The first-order valence-electron chi connectivity index (χ1n) is 8.50. The predicted molar refractivity (Wildman–Crippen MR) is 99.9 cm³/mol. The van der Waals surface area contributed by atoms with Crippen LogP contribution in [0.15, 0.2) is 24.3 Å². The highest BCUT2D eigenvalue weighted by atomic mass is 32.1. The standard InChI is InChI=1S/C18H29N3OS/c1-4-11-19-18(23)21(16-9-12-20(2)13-10-16)14-15-7-5-6-8-17(15)22-3/h5-8,16H,4,9-14H2,1-3H3,(H,19,23). The van der Waals surface area contributed by atoms with Crippen molar-refractivity contribution in [2.45, 2.75) is 38.8 Å². The molecular formula is C18H29N3OS. The number of likely N-dealkylation sites (tertiary alicyclic amines) is 1. The molecule has 5 heteroatoms. The number of nitrogens with zero attached hydrogens (tertiary/aromatic N) is 2. The van der Waals surface area contributed by atoms with Crippen LogP contribution in [0.25, 0.3) is 0 Å². The fourth-order valence-electron chi connectivity index (χ4n) is 3.02. The first-order valence-corrected chi connectivity index (χ1v) is 8.91. The molecule has 2 rings (SSSR count). The zero-order valence-corrected chi connectivity index (χ0v) is 15.4. The van der Waals surface area contributed by atoms with Crippen molar-refractivity contribution in [1.82, 2.24) is 15.1 Å². The lowest BCUT2D eigenvalue weighted by Gasteiger charge is -2.39. The van der Waals surface area contributed by atoms with E-state index in [0.29, 0.717) is 6.04 Å². The zero-order chi connectivity index (χ0) is 16.7. The molecule has 0 spiro atoms. The summed E-state index contributed by atoms with van der Waals surface area (Å²) in [5.41, 5.74) is 1.19. The molecule has 0 aromatic heterocycles. The molecule has 0 unspecified atom stereocenters. The van der Waals surface area contributed by atoms with E-state index in [1.165, 1.54) is 5.56 Å². The van der Waals surface area contributed by atoms with E-state index < -0.39 is 0 Å². The maximum atomic E-state index is 5.69. The van der Waals surface area contributed by atoms with Crippen LogP contribution in [0.5, 0.6) is 5.75 Å². The van der Waals surface area contributed by atoms with Crippen LogP contribution in [0, 0.1) is 0 Å². The van der Waals surface area contributed by atoms with Gasteiger partial charge in [-0.25, -0.2) is 0 Å². The van der Waals surface area contributed by atoms with Crippen LogP contribution in [0.2, 0.25) is 0 Å². The Balaban J connectivity index is 2.13. The minimum atomic E-state index is 0.493. The van der Waals surface area contributed by atoms with Crippen molar-refractivity contribution in [2.75, 3.05) is 33.8 Å². The number of methoxy groups -OCH3 is 1. The smallest absolute Gasteiger partial charge is 0.169 e. The summed E-state index contributed by atoms with van der Waals surface area (Å²) in [6.07, 6.45) is 3.38. The number of rotatable bonds is 6. The molecule has 1 N–H and O–H groups in total. The minimum Gasteiger partial charge on any atom is -0.496 e. The third-order valence-corrected chi connectivity index (χ3v) is 4.83. The van der Waals surface area contributed by atoms with Gasteiger partial charge in [-0.2, -0.15) is 0 Å². The zero-order valence-electron chi connectivity index (χ0n) is 14.5. The Hall–Kier alpha value is -1.33. The third-order valence-electron chi connectivity index (χ3n) is 4.45. The van der Waals surface area contributed by atoms with E-state index >= 15 is 0 Å². The molecule has 1 heterocycles. The van der Waals surface area contributed by atoms with Crippen LogP contribution in [0.3, 0.4) is 0 Å². The van der Waals surface area contributed by atoms with Gasteiger partial charge >= 0.3 is 0 Å². The molecule has 0 atom stereocenters. The van der Waals surface area contributed by atoms with Gasteiger partial charge in [0.2, 0.25) is 0 Å². The van der Waals surface area contributed by atoms with Gasteiger partial charge in [-0.3, -0.25) is 0 Å². The highest BCUT2D eigenvalue weighted by Crippen LogP contribution is 2.23. The molecule has 1 aromatic carbocycles. The summed E-state index contributed by atoms with van der Waals surface area (Å²) in [5.74, 6) is 0.934. The Morgan fingerprint density at radius 2 is 2.04 bits per heavy atom. The fraction of sp³-hybridized carbons (Fsp3) is 0.611. The molecule has 0 amide bonds. The second-order valence-electron chi connectivity index (χ2n) is 6.21. The van der Waals surface area contributed by atoms with Gasteiger partial charge in [-0.15, -0.1) is 0 Å². The molecule has 4 nitrogen and oxygen atoms in total. The Morgan fingerprint density at radius 3 is 2.70 bits per heavy atom. The maximum absolute atomic E-state index is 5.69. The second-order valence-corrected chi connectivity index (χ2v) is 6.59. The Labute approximate surface area is 145 Å². The van der Waals surface area contributed by atoms with Gasteiger partial charge in [0.15, 0.2) is 5.11 Å². The summed E-state index contributed by atoms with van der Waals surface area (Å²) < 4.78 is 5.51. The van der Waals surface area contributed by atoms with E-state index in [9.17, 15) is 0 Å². The van der Waals surface area contributed by atoms with Crippen LogP contribution in [-0.2, 0) is 6.54 Å².